The maximum absolute atomic E-state index is 5.33. The van der Waals surface area contributed by atoms with Gasteiger partial charge in [-0.15, -0.1) is 0 Å². The van der Waals surface area contributed by atoms with Crippen LogP contribution in [0.1, 0.15) is 0 Å². The lowest BCUT2D eigenvalue weighted by Crippen LogP contribution is -2.14. The van der Waals surface area contributed by atoms with Gasteiger partial charge in [0.2, 0.25) is 0 Å². The Labute approximate surface area is 79.5 Å². The molecular formula is C7H10IN3. The van der Waals surface area contributed by atoms with Crippen LogP contribution in [0, 0.1) is 3.57 Å². The average molecular weight is 263 g/mol. The van der Waals surface area contributed by atoms with Crippen molar-refractivity contribution in [3.05, 3.63) is 21.9 Å². The summed E-state index contributed by atoms with van der Waals surface area (Å²) in [5.74, 6) is 0.915. The molecule has 0 radical (unpaired) electrons. The van der Waals surface area contributed by atoms with E-state index in [0.717, 1.165) is 15.9 Å². The molecule has 0 bridgehead atoms. The molecule has 0 aromatic carbocycles. The van der Waals surface area contributed by atoms with Gasteiger partial charge < -0.3 is 11.1 Å². The molecule has 1 aromatic heterocycles. The van der Waals surface area contributed by atoms with Gasteiger partial charge in [0.1, 0.15) is 5.82 Å². The molecule has 1 rings (SSSR count). The highest BCUT2D eigenvalue weighted by molar-refractivity contribution is 14.1. The zero-order valence-corrected chi connectivity index (χ0v) is 8.21. The standard InChI is InChI=1S/C7H10IN3/c8-6-2-1-4-10-7(6)11-5-3-9/h1-2,4H,3,5,9H2,(H,10,11). The number of pyridine rings is 1. The van der Waals surface area contributed by atoms with Crippen LogP contribution in [0.2, 0.25) is 0 Å². The molecule has 1 aromatic rings. The van der Waals surface area contributed by atoms with Crippen molar-refractivity contribution < 1.29 is 0 Å². The molecule has 3 nitrogen and oxygen atoms in total. The fourth-order valence-corrected chi connectivity index (χ4v) is 1.24. The van der Waals surface area contributed by atoms with Gasteiger partial charge in [0.25, 0.3) is 0 Å². The summed E-state index contributed by atoms with van der Waals surface area (Å²) >= 11 is 2.23. The minimum atomic E-state index is 0.632. The molecule has 3 N–H and O–H groups in total. The van der Waals surface area contributed by atoms with Crippen LogP contribution in [-0.2, 0) is 0 Å². The van der Waals surface area contributed by atoms with Crippen LogP contribution in [0.4, 0.5) is 5.82 Å². The van der Waals surface area contributed by atoms with Gasteiger partial charge >= 0.3 is 0 Å². The molecule has 0 aliphatic heterocycles. The molecule has 0 atom stereocenters. The monoisotopic (exact) mass is 263 g/mol. The molecular weight excluding hydrogens is 253 g/mol. The summed E-state index contributed by atoms with van der Waals surface area (Å²) in [6.45, 7) is 1.40. The molecule has 0 aliphatic carbocycles. The Bertz CT molecular complexity index is 227. The minimum absolute atomic E-state index is 0.632. The van der Waals surface area contributed by atoms with Crippen LogP contribution in [0.25, 0.3) is 0 Å². The molecule has 0 unspecified atom stereocenters. The van der Waals surface area contributed by atoms with E-state index in [2.05, 4.69) is 32.9 Å². The van der Waals surface area contributed by atoms with Gasteiger partial charge in [-0.3, -0.25) is 0 Å². The molecule has 0 saturated heterocycles. The normalized spacial score (nSPS) is 9.64. The second-order valence-corrected chi connectivity index (χ2v) is 3.21. The average Bonchev–Trinajstić information content (AvgIpc) is 2.03. The van der Waals surface area contributed by atoms with Crippen molar-refractivity contribution in [3.8, 4) is 0 Å². The van der Waals surface area contributed by atoms with E-state index >= 15 is 0 Å². The van der Waals surface area contributed by atoms with E-state index in [1.54, 1.807) is 6.20 Å². The van der Waals surface area contributed by atoms with Crippen molar-refractivity contribution in [1.82, 2.24) is 4.98 Å². The second kappa shape index (κ2) is 4.50. The molecule has 11 heavy (non-hydrogen) atoms. The molecule has 0 aliphatic rings. The number of rotatable bonds is 3. The first-order valence-electron chi connectivity index (χ1n) is 3.39. The van der Waals surface area contributed by atoms with E-state index in [1.165, 1.54) is 0 Å². The Balaban J connectivity index is 2.62. The largest absolute Gasteiger partial charge is 0.368 e. The van der Waals surface area contributed by atoms with E-state index in [0.29, 0.717) is 6.54 Å². The van der Waals surface area contributed by atoms with Gasteiger partial charge in [-0.25, -0.2) is 4.98 Å². The van der Waals surface area contributed by atoms with Crippen molar-refractivity contribution in [1.29, 1.82) is 0 Å². The first-order chi connectivity index (χ1) is 5.34. The van der Waals surface area contributed by atoms with Gasteiger partial charge in [0.15, 0.2) is 0 Å². The molecule has 60 valence electrons. The number of anilines is 1. The summed E-state index contributed by atoms with van der Waals surface area (Å²) in [6, 6.07) is 3.92. The van der Waals surface area contributed by atoms with Gasteiger partial charge in [-0.05, 0) is 34.7 Å². The summed E-state index contributed by atoms with van der Waals surface area (Å²) in [4.78, 5) is 4.14. The predicted octanol–water partition coefficient (Wildman–Crippen LogP) is 1.06. The summed E-state index contributed by atoms with van der Waals surface area (Å²) in [5, 5.41) is 3.12. The fourth-order valence-electron chi connectivity index (χ4n) is 0.706. The van der Waals surface area contributed by atoms with E-state index in [-0.39, 0.29) is 0 Å². The number of halogens is 1. The molecule has 0 saturated carbocycles. The van der Waals surface area contributed by atoms with Gasteiger partial charge in [0, 0.05) is 19.3 Å². The Hall–Kier alpha value is -0.360. The summed E-state index contributed by atoms with van der Waals surface area (Å²) in [5.41, 5.74) is 5.33. The lowest BCUT2D eigenvalue weighted by molar-refractivity contribution is 1.01. The topological polar surface area (TPSA) is 50.9 Å². The Morgan fingerprint density at radius 1 is 1.64 bits per heavy atom. The van der Waals surface area contributed by atoms with Crippen molar-refractivity contribution in [2.75, 3.05) is 18.4 Å². The summed E-state index contributed by atoms with van der Waals surface area (Å²) < 4.78 is 1.12. The first-order valence-corrected chi connectivity index (χ1v) is 4.47. The lowest BCUT2D eigenvalue weighted by Gasteiger charge is -2.04. The maximum atomic E-state index is 5.33. The highest BCUT2D eigenvalue weighted by Crippen LogP contribution is 2.12. The Kier molecular flexibility index (Phi) is 3.58. The SMILES string of the molecule is NCCNc1ncccc1I. The fraction of sp³-hybridized carbons (Fsp3) is 0.286. The smallest absolute Gasteiger partial charge is 0.139 e. The quantitative estimate of drug-likeness (QED) is 0.801. The number of hydrogen-bond acceptors (Lipinski definition) is 3. The van der Waals surface area contributed by atoms with E-state index in [1.807, 2.05) is 12.1 Å². The third kappa shape index (κ3) is 2.63. The maximum Gasteiger partial charge on any atom is 0.139 e. The first kappa shape index (κ1) is 8.73. The molecule has 0 amide bonds. The van der Waals surface area contributed by atoms with Crippen molar-refractivity contribution in [2.45, 2.75) is 0 Å². The van der Waals surface area contributed by atoms with E-state index in [9.17, 15) is 0 Å². The van der Waals surface area contributed by atoms with Crippen molar-refractivity contribution >= 4 is 28.4 Å². The van der Waals surface area contributed by atoms with E-state index < -0.39 is 0 Å². The van der Waals surface area contributed by atoms with Gasteiger partial charge in [-0.2, -0.15) is 0 Å². The van der Waals surface area contributed by atoms with Crippen molar-refractivity contribution in [2.24, 2.45) is 5.73 Å². The highest BCUT2D eigenvalue weighted by Gasteiger charge is 1.95. The van der Waals surface area contributed by atoms with Crippen LogP contribution in [0.3, 0.4) is 0 Å². The number of nitrogens with two attached hydrogens (primary N) is 1. The molecule has 1 heterocycles. The van der Waals surface area contributed by atoms with E-state index in [4.69, 9.17) is 5.73 Å². The Morgan fingerprint density at radius 2 is 2.45 bits per heavy atom. The van der Waals surface area contributed by atoms with Crippen LogP contribution < -0.4 is 11.1 Å². The lowest BCUT2D eigenvalue weighted by atomic mass is 10.4. The minimum Gasteiger partial charge on any atom is -0.368 e. The third-order valence-corrected chi connectivity index (χ3v) is 2.07. The molecule has 0 fully saturated rings. The number of nitrogens with one attached hydrogen (secondary N) is 1. The van der Waals surface area contributed by atoms with Crippen LogP contribution in [0.5, 0.6) is 0 Å². The zero-order valence-electron chi connectivity index (χ0n) is 6.05. The van der Waals surface area contributed by atoms with Gasteiger partial charge in [-0.1, -0.05) is 0 Å². The van der Waals surface area contributed by atoms with Gasteiger partial charge in [0.05, 0.1) is 3.57 Å². The number of hydrogen-bond donors (Lipinski definition) is 2. The molecule has 4 heteroatoms. The summed E-state index contributed by atoms with van der Waals surface area (Å²) in [7, 11) is 0. The highest BCUT2D eigenvalue weighted by atomic mass is 127. The summed E-state index contributed by atoms with van der Waals surface area (Å²) in [6.07, 6.45) is 1.76. The van der Waals surface area contributed by atoms with Crippen LogP contribution >= 0.6 is 22.6 Å². The Morgan fingerprint density at radius 3 is 3.09 bits per heavy atom. The zero-order chi connectivity index (χ0) is 8.10. The second-order valence-electron chi connectivity index (χ2n) is 2.05. The molecule has 0 spiro atoms. The van der Waals surface area contributed by atoms with Crippen LogP contribution in [-0.4, -0.2) is 18.1 Å². The van der Waals surface area contributed by atoms with Crippen LogP contribution in [0.15, 0.2) is 18.3 Å². The predicted molar refractivity (Wildman–Crippen MR) is 54.5 cm³/mol. The van der Waals surface area contributed by atoms with Crippen molar-refractivity contribution in [3.63, 3.8) is 0 Å². The third-order valence-electron chi connectivity index (χ3n) is 1.20. The number of nitrogens with zero attached hydrogens (tertiary/aromatic N) is 1. The number of aromatic nitrogens is 1.